The predicted molar refractivity (Wildman–Crippen MR) is 102 cm³/mol. The van der Waals surface area contributed by atoms with Gasteiger partial charge in [-0.25, -0.2) is 8.42 Å². The van der Waals surface area contributed by atoms with E-state index in [1.807, 2.05) is 44.2 Å². The normalized spacial score (nSPS) is 12.8. The molecule has 0 unspecified atom stereocenters. The molecule has 0 aromatic heterocycles. The number of nitrogens with one attached hydrogen (secondary N) is 2. The van der Waals surface area contributed by atoms with Crippen molar-refractivity contribution < 1.29 is 13.2 Å². The van der Waals surface area contributed by atoms with Crippen LogP contribution < -0.4 is 10.0 Å². The number of amides is 1. The molecule has 7 heteroatoms. The zero-order valence-corrected chi connectivity index (χ0v) is 16.5. The van der Waals surface area contributed by atoms with Gasteiger partial charge in [-0.2, -0.15) is 4.72 Å². The molecule has 5 nitrogen and oxygen atoms in total. The third kappa shape index (κ3) is 5.95. The third-order valence-electron chi connectivity index (χ3n) is 3.45. The maximum absolute atomic E-state index is 12.6. The molecule has 2 rings (SSSR count). The molecule has 0 spiro atoms. The number of halogens is 1. The van der Waals surface area contributed by atoms with E-state index in [9.17, 15) is 13.2 Å². The fourth-order valence-electron chi connectivity index (χ4n) is 2.29. The molecule has 0 bridgehead atoms. The molecule has 0 aliphatic heterocycles. The Kier molecular flexibility index (Phi) is 6.75. The highest BCUT2D eigenvalue weighted by molar-refractivity contribution is 9.10. The Hall–Kier alpha value is -1.70. The summed E-state index contributed by atoms with van der Waals surface area (Å²) in [6.07, 6.45) is 0.273. The van der Waals surface area contributed by atoms with Crippen molar-refractivity contribution in [2.45, 2.75) is 37.2 Å². The second kappa shape index (κ2) is 8.60. The first kappa shape index (κ1) is 19.6. The van der Waals surface area contributed by atoms with Crippen molar-refractivity contribution >= 4 is 31.9 Å². The number of rotatable bonds is 7. The maximum atomic E-state index is 12.6. The van der Waals surface area contributed by atoms with Crippen LogP contribution in [0.2, 0.25) is 0 Å². The minimum Gasteiger partial charge on any atom is -0.353 e. The Morgan fingerprint density at radius 1 is 1.04 bits per heavy atom. The molecule has 0 aliphatic carbocycles. The van der Waals surface area contributed by atoms with Crippen LogP contribution in [0.3, 0.4) is 0 Å². The number of benzene rings is 2. The molecule has 2 aromatic rings. The van der Waals surface area contributed by atoms with Crippen molar-refractivity contribution in [1.82, 2.24) is 10.0 Å². The summed E-state index contributed by atoms with van der Waals surface area (Å²) in [6, 6.07) is 14.6. The Labute approximate surface area is 157 Å². The van der Waals surface area contributed by atoms with Crippen molar-refractivity contribution in [3.8, 4) is 0 Å². The molecule has 0 fully saturated rings. The Balaban J connectivity index is 2.25. The largest absolute Gasteiger partial charge is 0.353 e. The molecule has 0 radical (unpaired) electrons. The lowest BCUT2D eigenvalue weighted by Gasteiger charge is -2.20. The van der Waals surface area contributed by atoms with Gasteiger partial charge in [0.2, 0.25) is 15.9 Å². The number of hydrogen-bond acceptors (Lipinski definition) is 3. The van der Waals surface area contributed by atoms with Crippen LogP contribution in [0.4, 0.5) is 0 Å². The molecular weight excluding hydrogens is 404 g/mol. The molecule has 0 aliphatic rings. The highest BCUT2D eigenvalue weighted by Gasteiger charge is 2.26. The minimum atomic E-state index is -3.81. The molecule has 0 heterocycles. The molecule has 2 N–H and O–H groups in total. The van der Waals surface area contributed by atoms with Crippen LogP contribution in [0.5, 0.6) is 0 Å². The van der Waals surface area contributed by atoms with Gasteiger partial charge in [-0.05, 0) is 50.1 Å². The van der Waals surface area contributed by atoms with Crippen LogP contribution in [-0.2, 0) is 21.2 Å². The van der Waals surface area contributed by atoms with E-state index in [1.54, 1.807) is 12.1 Å². The van der Waals surface area contributed by atoms with Crippen molar-refractivity contribution in [1.29, 1.82) is 0 Å². The summed E-state index contributed by atoms with van der Waals surface area (Å²) in [5.41, 5.74) is 0.880. The number of carbonyl (C=O) groups is 1. The Morgan fingerprint density at radius 3 is 2.20 bits per heavy atom. The Morgan fingerprint density at radius 2 is 1.64 bits per heavy atom. The summed E-state index contributed by atoms with van der Waals surface area (Å²) in [5.74, 6) is -0.348. The van der Waals surface area contributed by atoms with E-state index in [4.69, 9.17) is 0 Å². The zero-order valence-electron chi connectivity index (χ0n) is 14.1. The van der Waals surface area contributed by atoms with E-state index in [2.05, 4.69) is 26.0 Å². The van der Waals surface area contributed by atoms with Crippen LogP contribution in [0.1, 0.15) is 19.4 Å². The fourth-order valence-corrected chi connectivity index (χ4v) is 3.75. The Bertz CT molecular complexity index is 806. The second-order valence-electron chi connectivity index (χ2n) is 5.98. The molecule has 0 saturated carbocycles. The van der Waals surface area contributed by atoms with E-state index < -0.39 is 16.1 Å². The first-order chi connectivity index (χ1) is 11.8. The molecule has 1 amide bonds. The summed E-state index contributed by atoms with van der Waals surface area (Å²) in [6.45, 7) is 3.67. The molecular formula is C18H21BrN2O3S. The standard InChI is InChI=1S/C18H21BrN2O3S/c1-13(2)20-18(22)17(12-14-6-4-3-5-7-14)21-25(23,24)16-10-8-15(19)9-11-16/h3-11,13,17,21H,12H2,1-2H3,(H,20,22)/t17-/m0/s1. The summed E-state index contributed by atoms with van der Waals surface area (Å²) in [4.78, 5) is 12.6. The van der Waals surface area contributed by atoms with E-state index in [1.165, 1.54) is 12.1 Å². The first-order valence-electron chi connectivity index (χ1n) is 7.90. The van der Waals surface area contributed by atoms with Crippen molar-refractivity contribution in [3.63, 3.8) is 0 Å². The molecule has 134 valence electrons. The molecule has 0 saturated heterocycles. The highest BCUT2D eigenvalue weighted by atomic mass is 79.9. The monoisotopic (exact) mass is 424 g/mol. The number of sulfonamides is 1. The van der Waals surface area contributed by atoms with E-state index in [0.29, 0.717) is 0 Å². The van der Waals surface area contributed by atoms with E-state index in [0.717, 1.165) is 10.0 Å². The van der Waals surface area contributed by atoms with Crippen molar-refractivity contribution in [2.75, 3.05) is 0 Å². The average Bonchev–Trinajstić information content (AvgIpc) is 2.55. The van der Waals surface area contributed by atoms with Gasteiger partial charge in [0.15, 0.2) is 0 Å². The predicted octanol–water partition coefficient (Wildman–Crippen LogP) is 2.86. The van der Waals surface area contributed by atoms with Crippen LogP contribution in [0.15, 0.2) is 64.0 Å². The van der Waals surface area contributed by atoms with Gasteiger partial charge in [-0.3, -0.25) is 4.79 Å². The van der Waals surface area contributed by atoms with Crippen molar-refractivity contribution in [2.24, 2.45) is 0 Å². The lowest BCUT2D eigenvalue weighted by atomic mass is 10.1. The molecule has 2 aromatic carbocycles. The van der Waals surface area contributed by atoms with Gasteiger partial charge in [0.05, 0.1) is 4.90 Å². The second-order valence-corrected chi connectivity index (χ2v) is 8.61. The summed E-state index contributed by atoms with van der Waals surface area (Å²) in [5, 5.41) is 2.77. The van der Waals surface area contributed by atoms with Crippen LogP contribution in [0.25, 0.3) is 0 Å². The quantitative estimate of drug-likeness (QED) is 0.717. The van der Waals surface area contributed by atoms with Crippen LogP contribution in [-0.4, -0.2) is 26.4 Å². The van der Waals surface area contributed by atoms with Gasteiger partial charge in [0.25, 0.3) is 0 Å². The first-order valence-corrected chi connectivity index (χ1v) is 10.2. The summed E-state index contributed by atoms with van der Waals surface area (Å²) < 4.78 is 28.6. The maximum Gasteiger partial charge on any atom is 0.241 e. The lowest BCUT2D eigenvalue weighted by Crippen LogP contribution is -2.49. The van der Waals surface area contributed by atoms with Gasteiger partial charge in [0, 0.05) is 10.5 Å². The van der Waals surface area contributed by atoms with Crippen molar-refractivity contribution in [3.05, 3.63) is 64.6 Å². The summed E-state index contributed by atoms with van der Waals surface area (Å²) >= 11 is 3.28. The smallest absolute Gasteiger partial charge is 0.241 e. The lowest BCUT2D eigenvalue weighted by molar-refractivity contribution is -0.123. The van der Waals surface area contributed by atoms with Gasteiger partial charge in [-0.1, -0.05) is 46.3 Å². The zero-order chi connectivity index (χ0) is 18.4. The van der Waals surface area contributed by atoms with Crippen LogP contribution >= 0.6 is 15.9 Å². The van der Waals surface area contributed by atoms with Crippen LogP contribution in [0, 0.1) is 0 Å². The highest BCUT2D eigenvalue weighted by Crippen LogP contribution is 2.15. The topological polar surface area (TPSA) is 75.3 Å². The van der Waals surface area contributed by atoms with Gasteiger partial charge in [-0.15, -0.1) is 0 Å². The number of hydrogen-bond donors (Lipinski definition) is 2. The third-order valence-corrected chi connectivity index (χ3v) is 5.47. The van der Waals surface area contributed by atoms with Gasteiger partial charge >= 0.3 is 0 Å². The molecule has 1 atom stereocenters. The fraction of sp³-hybridized carbons (Fsp3) is 0.278. The van der Waals surface area contributed by atoms with Gasteiger partial charge in [0.1, 0.15) is 6.04 Å². The van der Waals surface area contributed by atoms with E-state index >= 15 is 0 Å². The average molecular weight is 425 g/mol. The SMILES string of the molecule is CC(C)NC(=O)[C@H](Cc1ccccc1)NS(=O)(=O)c1ccc(Br)cc1. The minimum absolute atomic E-state index is 0.0806. The number of carbonyl (C=O) groups excluding carboxylic acids is 1. The van der Waals surface area contributed by atoms with E-state index in [-0.39, 0.29) is 23.3 Å². The summed E-state index contributed by atoms with van der Waals surface area (Å²) in [7, 11) is -3.81. The molecule has 25 heavy (non-hydrogen) atoms. The van der Waals surface area contributed by atoms with Gasteiger partial charge < -0.3 is 5.32 Å².